The van der Waals surface area contributed by atoms with E-state index in [4.69, 9.17) is 9.79 Å². The smallest absolute Gasteiger partial charge is 0.188 e. The molecule has 4 nitrogen and oxygen atoms in total. The van der Waals surface area contributed by atoms with E-state index in [0.29, 0.717) is 37.2 Å². The SMILES string of the molecule is CC.CC(C)N(C(C)C)P(OCCC#N)N(C(C)C)C(C)C. The van der Waals surface area contributed by atoms with Crippen LogP contribution in [0, 0.1) is 11.3 Å². The van der Waals surface area contributed by atoms with Crippen LogP contribution in [0.4, 0.5) is 0 Å². The van der Waals surface area contributed by atoms with Crippen LogP contribution in [0.1, 0.15) is 75.7 Å². The van der Waals surface area contributed by atoms with Gasteiger partial charge in [0, 0.05) is 24.2 Å². The summed E-state index contributed by atoms with van der Waals surface area (Å²) in [5.41, 5.74) is 0. The fourth-order valence-electron chi connectivity index (χ4n) is 2.41. The molecule has 22 heavy (non-hydrogen) atoms. The Morgan fingerprint density at radius 1 is 0.818 bits per heavy atom. The molecule has 0 heterocycles. The maximum absolute atomic E-state index is 8.74. The Morgan fingerprint density at radius 3 is 1.36 bits per heavy atom. The average molecular weight is 331 g/mol. The second kappa shape index (κ2) is 13.3. The van der Waals surface area contributed by atoms with Crippen molar-refractivity contribution in [3.05, 3.63) is 0 Å². The molecule has 0 rings (SSSR count). The van der Waals surface area contributed by atoms with Gasteiger partial charge in [-0.05, 0) is 55.4 Å². The fourth-order valence-corrected chi connectivity index (χ4v) is 4.75. The summed E-state index contributed by atoms with van der Waals surface area (Å²) in [4.78, 5) is 0. The Kier molecular flexibility index (Phi) is 14.5. The molecule has 0 spiro atoms. The van der Waals surface area contributed by atoms with Gasteiger partial charge in [-0.3, -0.25) is 0 Å². The van der Waals surface area contributed by atoms with E-state index >= 15 is 0 Å². The first-order valence-corrected chi connectivity index (χ1v) is 9.77. The van der Waals surface area contributed by atoms with E-state index in [1.165, 1.54) is 0 Å². The first-order valence-electron chi connectivity index (χ1n) is 8.60. The highest BCUT2D eigenvalue weighted by Crippen LogP contribution is 2.50. The zero-order valence-corrected chi connectivity index (χ0v) is 17.3. The Morgan fingerprint density at radius 2 is 1.14 bits per heavy atom. The van der Waals surface area contributed by atoms with Crippen molar-refractivity contribution in [1.82, 2.24) is 9.34 Å². The van der Waals surface area contributed by atoms with E-state index in [1.54, 1.807) is 0 Å². The molecule has 0 saturated carbocycles. The first kappa shape index (κ1) is 24.1. The quantitative estimate of drug-likeness (QED) is 0.418. The summed E-state index contributed by atoms with van der Waals surface area (Å²) in [5.74, 6) is 0. The highest BCUT2D eigenvalue weighted by molar-refractivity contribution is 7.47. The van der Waals surface area contributed by atoms with E-state index in [2.05, 4.69) is 70.8 Å². The maximum Gasteiger partial charge on any atom is 0.188 e. The fraction of sp³-hybridized carbons (Fsp3) is 0.941. The molecule has 0 radical (unpaired) electrons. The molecule has 0 aromatic heterocycles. The van der Waals surface area contributed by atoms with E-state index in [-0.39, 0.29) is 0 Å². The summed E-state index contributed by atoms with van der Waals surface area (Å²) in [6.07, 6.45) is 0.451. The van der Waals surface area contributed by atoms with Crippen LogP contribution >= 0.6 is 8.45 Å². The van der Waals surface area contributed by atoms with Crippen molar-refractivity contribution in [2.24, 2.45) is 0 Å². The van der Waals surface area contributed by atoms with Crippen LogP contribution in [0.3, 0.4) is 0 Å². The normalized spacial score (nSPS) is 11.8. The molecular formula is C17H38N3OP. The molecule has 5 heteroatoms. The Labute approximate surface area is 140 Å². The predicted molar refractivity (Wildman–Crippen MR) is 98.7 cm³/mol. The maximum atomic E-state index is 8.74. The lowest BCUT2D eigenvalue weighted by Crippen LogP contribution is -2.43. The third-order valence-electron chi connectivity index (χ3n) is 2.93. The van der Waals surface area contributed by atoms with Crippen molar-refractivity contribution in [3.63, 3.8) is 0 Å². The third kappa shape index (κ3) is 8.44. The summed E-state index contributed by atoms with van der Waals surface area (Å²) in [6.45, 7) is 22.2. The predicted octanol–water partition coefficient (Wildman–Crippen LogP) is 5.41. The van der Waals surface area contributed by atoms with Gasteiger partial charge in [-0.25, -0.2) is 9.34 Å². The molecule has 0 aromatic rings. The van der Waals surface area contributed by atoms with Crippen molar-refractivity contribution in [2.75, 3.05) is 6.61 Å². The molecule has 0 aliphatic rings. The molecule has 0 bridgehead atoms. The topological polar surface area (TPSA) is 39.5 Å². The lowest BCUT2D eigenvalue weighted by atomic mass is 10.3. The van der Waals surface area contributed by atoms with Crippen LogP contribution in [0.25, 0.3) is 0 Å². The highest BCUT2D eigenvalue weighted by atomic mass is 31.2. The van der Waals surface area contributed by atoms with E-state index < -0.39 is 8.45 Å². The van der Waals surface area contributed by atoms with Crippen molar-refractivity contribution in [2.45, 2.75) is 99.8 Å². The minimum Gasteiger partial charge on any atom is -0.330 e. The van der Waals surface area contributed by atoms with Crippen LogP contribution < -0.4 is 0 Å². The van der Waals surface area contributed by atoms with E-state index in [0.717, 1.165) is 0 Å². The lowest BCUT2D eigenvalue weighted by molar-refractivity contribution is 0.189. The van der Waals surface area contributed by atoms with Gasteiger partial charge in [-0.2, -0.15) is 5.26 Å². The molecule has 0 unspecified atom stereocenters. The number of nitriles is 1. The summed E-state index contributed by atoms with van der Waals surface area (Å²) in [7, 11) is -0.841. The van der Waals surface area contributed by atoms with Crippen molar-refractivity contribution in [1.29, 1.82) is 5.26 Å². The van der Waals surface area contributed by atoms with Gasteiger partial charge in [0.05, 0.1) is 19.1 Å². The molecule has 0 aliphatic heterocycles. The second-order valence-electron chi connectivity index (χ2n) is 6.13. The monoisotopic (exact) mass is 331 g/mol. The molecular weight excluding hydrogens is 293 g/mol. The van der Waals surface area contributed by atoms with Gasteiger partial charge in [0.2, 0.25) is 0 Å². The Hall–Kier alpha value is -0.200. The zero-order chi connectivity index (χ0) is 17.9. The highest BCUT2D eigenvalue weighted by Gasteiger charge is 2.34. The molecule has 132 valence electrons. The minimum atomic E-state index is -0.841. The van der Waals surface area contributed by atoms with Crippen LogP contribution in [0.15, 0.2) is 0 Å². The summed E-state index contributed by atoms with van der Waals surface area (Å²) in [5, 5.41) is 8.74. The van der Waals surface area contributed by atoms with Gasteiger partial charge in [-0.15, -0.1) is 0 Å². The van der Waals surface area contributed by atoms with Crippen molar-refractivity contribution in [3.8, 4) is 6.07 Å². The Balaban J connectivity index is 0. The third-order valence-corrected chi connectivity index (χ3v) is 5.98. The Bertz CT molecular complexity index is 265. The van der Waals surface area contributed by atoms with Crippen LogP contribution in [0.2, 0.25) is 0 Å². The van der Waals surface area contributed by atoms with Gasteiger partial charge in [0.25, 0.3) is 0 Å². The van der Waals surface area contributed by atoms with Crippen molar-refractivity contribution < 1.29 is 4.52 Å². The van der Waals surface area contributed by atoms with Gasteiger partial charge in [0.1, 0.15) is 0 Å². The largest absolute Gasteiger partial charge is 0.330 e. The van der Waals surface area contributed by atoms with Crippen LogP contribution in [-0.2, 0) is 4.52 Å². The number of nitrogens with zero attached hydrogens (tertiary/aromatic N) is 3. The molecule has 0 saturated heterocycles. The van der Waals surface area contributed by atoms with Crippen LogP contribution in [0.5, 0.6) is 0 Å². The average Bonchev–Trinajstić information content (AvgIpc) is 2.39. The van der Waals surface area contributed by atoms with Crippen LogP contribution in [-0.4, -0.2) is 40.1 Å². The zero-order valence-electron chi connectivity index (χ0n) is 16.4. The molecule has 0 amide bonds. The first-order chi connectivity index (χ1) is 10.2. The minimum absolute atomic E-state index is 0.420. The van der Waals surface area contributed by atoms with Gasteiger partial charge >= 0.3 is 0 Å². The molecule has 0 fully saturated rings. The molecule has 0 N–H and O–H groups in total. The number of hydrogen-bond donors (Lipinski definition) is 0. The van der Waals surface area contributed by atoms with Crippen molar-refractivity contribution >= 4 is 8.45 Å². The number of rotatable bonds is 9. The van der Waals surface area contributed by atoms with Gasteiger partial charge in [-0.1, -0.05) is 13.8 Å². The summed E-state index contributed by atoms with van der Waals surface area (Å²) < 4.78 is 11.0. The van der Waals surface area contributed by atoms with Gasteiger partial charge in [0.15, 0.2) is 8.45 Å². The molecule has 0 aliphatic carbocycles. The van der Waals surface area contributed by atoms with E-state index in [9.17, 15) is 0 Å². The summed E-state index contributed by atoms with van der Waals surface area (Å²) in [6, 6.07) is 3.84. The molecule has 0 atom stereocenters. The lowest BCUT2D eigenvalue weighted by Gasteiger charge is -2.45. The van der Waals surface area contributed by atoms with Gasteiger partial charge < -0.3 is 4.52 Å². The standard InChI is InChI=1S/C15H32N3OP.C2H6/c1-12(2)17(13(3)4)20(19-11-9-10-16)18(14(5)6)15(7)8;1-2/h12-15H,9,11H2,1-8H3;1-2H3. The van der Waals surface area contributed by atoms with E-state index in [1.807, 2.05) is 13.8 Å². The summed E-state index contributed by atoms with van der Waals surface area (Å²) >= 11 is 0. The molecule has 0 aromatic carbocycles. The number of hydrogen-bond acceptors (Lipinski definition) is 4. The second-order valence-corrected chi connectivity index (χ2v) is 7.82.